The van der Waals surface area contributed by atoms with Crippen LogP contribution in [-0.4, -0.2) is 4.57 Å². The molecule has 0 amide bonds. The topological polar surface area (TPSA) is 30.9 Å². The van der Waals surface area contributed by atoms with E-state index in [2.05, 4.69) is 13.8 Å². The van der Waals surface area contributed by atoms with Gasteiger partial charge in [0.2, 0.25) is 0 Å². The Balaban J connectivity index is 2.13. The minimum Gasteiger partial charge on any atom is -0.324 e. The highest BCUT2D eigenvalue weighted by atomic mass is 35.5. The molecule has 0 saturated heterocycles. The molecule has 1 aromatic heterocycles. The molecule has 1 heterocycles. The van der Waals surface area contributed by atoms with E-state index in [0.717, 1.165) is 24.1 Å². The zero-order chi connectivity index (χ0) is 14.5. The Morgan fingerprint density at radius 2 is 2.10 bits per heavy atom. The van der Waals surface area contributed by atoms with Gasteiger partial charge < -0.3 is 10.3 Å². The molecular formula is C16H18ClFN2. The molecule has 1 atom stereocenters. The molecule has 0 radical (unpaired) electrons. The number of nitrogens with two attached hydrogens (primary N) is 1. The van der Waals surface area contributed by atoms with Crippen molar-refractivity contribution in [2.45, 2.75) is 32.7 Å². The Kier molecular flexibility index (Phi) is 3.14. The standard InChI is InChI=1S/C16H18ClFN2/c1-16(2)8-13(19)11-5-6-20(15(11)9-16)14-4-3-10(17)7-12(14)18/h3-7,13H,8-9,19H2,1-2H3. The summed E-state index contributed by atoms with van der Waals surface area (Å²) >= 11 is 5.82. The van der Waals surface area contributed by atoms with Crippen LogP contribution in [0.25, 0.3) is 5.69 Å². The normalized spacial score (nSPS) is 20.8. The van der Waals surface area contributed by atoms with E-state index in [0.29, 0.717) is 10.7 Å². The van der Waals surface area contributed by atoms with Gasteiger partial charge in [0.05, 0.1) is 5.69 Å². The summed E-state index contributed by atoms with van der Waals surface area (Å²) in [5, 5.41) is 0.407. The summed E-state index contributed by atoms with van der Waals surface area (Å²) in [4.78, 5) is 0. The molecule has 2 nitrogen and oxygen atoms in total. The highest BCUT2D eigenvalue weighted by Crippen LogP contribution is 2.41. The van der Waals surface area contributed by atoms with Gasteiger partial charge in [0.25, 0.3) is 0 Å². The number of benzene rings is 1. The lowest BCUT2D eigenvalue weighted by Crippen LogP contribution is -2.30. The number of nitrogens with zero attached hydrogens (tertiary/aromatic N) is 1. The van der Waals surface area contributed by atoms with Crippen LogP contribution in [0.3, 0.4) is 0 Å². The second kappa shape index (κ2) is 4.61. The monoisotopic (exact) mass is 292 g/mol. The fourth-order valence-corrected chi connectivity index (χ4v) is 3.30. The smallest absolute Gasteiger partial charge is 0.148 e. The van der Waals surface area contributed by atoms with Crippen LogP contribution in [0, 0.1) is 11.2 Å². The SMILES string of the molecule is CC1(C)Cc2c(ccn2-c2ccc(Cl)cc2F)C(N)C1. The first-order valence-corrected chi connectivity index (χ1v) is 7.16. The van der Waals surface area contributed by atoms with Gasteiger partial charge in [-0.1, -0.05) is 25.4 Å². The minimum atomic E-state index is -0.312. The van der Waals surface area contributed by atoms with Crippen molar-refractivity contribution in [3.63, 3.8) is 0 Å². The number of halogens is 2. The van der Waals surface area contributed by atoms with Crippen molar-refractivity contribution in [1.29, 1.82) is 0 Å². The molecule has 1 aromatic carbocycles. The average molecular weight is 293 g/mol. The summed E-state index contributed by atoms with van der Waals surface area (Å²) < 4.78 is 16.0. The summed E-state index contributed by atoms with van der Waals surface area (Å²) in [6.07, 6.45) is 3.75. The molecule has 1 aliphatic rings. The molecule has 4 heteroatoms. The molecule has 2 aromatic rings. The first-order chi connectivity index (χ1) is 9.37. The molecule has 3 rings (SSSR count). The predicted molar refractivity (Wildman–Crippen MR) is 79.8 cm³/mol. The summed E-state index contributed by atoms with van der Waals surface area (Å²) in [6, 6.07) is 6.79. The van der Waals surface area contributed by atoms with Crippen LogP contribution >= 0.6 is 11.6 Å². The summed E-state index contributed by atoms with van der Waals surface area (Å²) in [5.41, 5.74) is 9.14. The van der Waals surface area contributed by atoms with Crippen molar-refractivity contribution in [2.75, 3.05) is 0 Å². The van der Waals surface area contributed by atoms with Crippen LogP contribution < -0.4 is 5.73 Å². The van der Waals surface area contributed by atoms with Crippen molar-refractivity contribution in [2.24, 2.45) is 11.1 Å². The third-order valence-electron chi connectivity index (χ3n) is 4.01. The molecule has 0 aliphatic heterocycles. The molecule has 0 bridgehead atoms. The van der Waals surface area contributed by atoms with Gasteiger partial charge >= 0.3 is 0 Å². The quantitative estimate of drug-likeness (QED) is 0.837. The fraction of sp³-hybridized carbons (Fsp3) is 0.375. The Hall–Kier alpha value is -1.32. The second-order valence-corrected chi connectivity index (χ2v) is 6.77. The molecule has 0 fully saturated rings. The van der Waals surface area contributed by atoms with E-state index in [-0.39, 0.29) is 17.3 Å². The van der Waals surface area contributed by atoms with Crippen molar-refractivity contribution >= 4 is 11.6 Å². The lowest BCUT2D eigenvalue weighted by molar-refractivity contribution is 0.278. The molecule has 20 heavy (non-hydrogen) atoms. The van der Waals surface area contributed by atoms with Gasteiger partial charge in [-0.2, -0.15) is 0 Å². The van der Waals surface area contributed by atoms with Crippen molar-refractivity contribution in [1.82, 2.24) is 4.57 Å². The maximum atomic E-state index is 14.1. The summed E-state index contributed by atoms with van der Waals surface area (Å²) in [5.74, 6) is -0.312. The maximum Gasteiger partial charge on any atom is 0.148 e. The Labute approximate surface area is 123 Å². The van der Waals surface area contributed by atoms with Crippen LogP contribution in [-0.2, 0) is 6.42 Å². The van der Waals surface area contributed by atoms with Crippen LogP contribution in [0.4, 0.5) is 4.39 Å². The Bertz CT molecular complexity index is 660. The van der Waals surface area contributed by atoms with E-state index < -0.39 is 0 Å². The highest BCUT2D eigenvalue weighted by molar-refractivity contribution is 6.30. The third-order valence-corrected chi connectivity index (χ3v) is 4.25. The van der Waals surface area contributed by atoms with Gasteiger partial charge in [0.15, 0.2) is 0 Å². The lowest BCUT2D eigenvalue weighted by Gasteiger charge is -2.34. The predicted octanol–water partition coefficient (Wildman–Crippen LogP) is 4.24. The second-order valence-electron chi connectivity index (χ2n) is 6.34. The fourth-order valence-electron chi connectivity index (χ4n) is 3.14. The minimum absolute atomic E-state index is 0.0189. The van der Waals surface area contributed by atoms with E-state index in [1.807, 2.05) is 16.8 Å². The van der Waals surface area contributed by atoms with Gasteiger partial charge in [-0.3, -0.25) is 0 Å². The lowest BCUT2D eigenvalue weighted by atomic mass is 9.74. The highest BCUT2D eigenvalue weighted by Gasteiger charge is 2.32. The zero-order valence-electron chi connectivity index (χ0n) is 11.7. The van der Waals surface area contributed by atoms with Gasteiger partial charge in [-0.25, -0.2) is 4.39 Å². The Morgan fingerprint density at radius 1 is 1.35 bits per heavy atom. The van der Waals surface area contributed by atoms with E-state index in [9.17, 15) is 4.39 Å². The van der Waals surface area contributed by atoms with Gasteiger partial charge in [0.1, 0.15) is 5.82 Å². The Morgan fingerprint density at radius 3 is 2.80 bits per heavy atom. The van der Waals surface area contributed by atoms with Crippen molar-refractivity contribution in [3.8, 4) is 5.69 Å². The van der Waals surface area contributed by atoms with Gasteiger partial charge in [-0.05, 0) is 48.1 Å². The molecule has 1 aliphatic carbocycles. The van der Waals surface area contributed by atoms with Crippen LogP contribution in [0.5, 0.6) is 0 Å². The molecule has 0 saturated carbocycles. The van der Waals surface area contributed by atoms with Gasteiger partial charge in [-0.15, -0.1) is 0 Å². The van der Waals surface area contributed by atoms with Crippen LogP contribution in [0.2, 0.25) is 5.02 Å². The third kappa shape index (κ3) is 2.25. The first kappa shape index (κ1) is 13.7. The van der Waals surface area contributed by atoms with Crippen LogP contribution in [0.1, 0.15) is 37.6 Å². The maximum absolute atomic E-state index is 14.1. The number of hydrogen-bond acceptors (Lipinski definition) is 1. The average Bonchev–Trinajstić information content (AvgIpc) is 2.71. The summed E-state index contributed by atoms with van der Waals surface area (Å²) in [6.45, 7) is 4.40. The van der Waals surface area contributed by atoms with E-state index >= 15 is 0 Å². The number of rotatable bonds is 1. The van der Waals surface area contributed by atoms with Gasteiger partial charge in [0, 0.05) is 23.0 Å². The molecule has 1 unspecified atom stereocenters. The van der Waals surface area contributed by atoms with E-state index in [4.69, 9.17) is 17.3 Å². The zero-order valence-corrected chi connectivity index (χ0v) is 12.4. The number of aromatic nitrogens is 1. The summed E-state index contributed by atoms with van der Waals surface area (Å²) in [7, 11) is 0. The van der Waals surface area contributed by atoms with Crippen LogP contribution in [0.15, 0.2) is 30.5 Å². The molecular weight excluding hydrogens is 275 g/mol. The van der Waals surface area contributed by atoms with Crippen molar-refractivity contribution < 1.29 is 4.39 Å². The van der Waals surface area contributed by atoms with E-state index in [1.165, 1.54) is 6.07 Å². The number of fused-ring (bicyclic) bond motifs is 1. The molecule has 106 valence electrons. The molecule has 2 N–H and O–H groups in total. The van der Waals surface area contributed by atoms with E-state index in [1.54, 1.807) is 12.1 Å². The van der Waals surface area contributed by atoms with Crippen molar-refractivity contribution in [3.05, 3.63) is 52.6 Å². The first-order valence-electron chi connectivity index (χ1n) is 6.78. The number of hydrogen-bond donors (Lipinski definition) is 1. The molecule has 0 spiro atoms. The largest absolute Gasteiger partial charge is 0.324 e.